The summed E-state index contributed by atoms with van der Waals surface area (Å²) in [6.45, 7) is 3.66. The van der Waals surface area contributed by atoms with Crippen LogP contribution in [0.25, 0.3) is 0 Å². The highest BCUT2D eigenvalue weighted by atomic mass is 79.9. The van der Waals surface area contributed by atoms with Gasteiger partial charge in [0.2, 0.25) is 0 Å². The lowest BCUT2D eigenvalue weighted by molar-refractivity contribution is 0.122. The van der Waals surface area contributed by atoms with Gasteiger partial charge in [-0.15, -0.1) is 11.8 Å². The zero-order valence-electron chi connectivity index (χ0n) is 10.1. The van der Waals surface area contributed by atoms with Crippen molar-refractivity contribution in [2.45, 2.75) is 10.1 Å². The van der Waals surface area contributed by atoms with E-state index in [4.69, 9.17) is 4.74 Å². The molecule has 3 rings (SSSR count). The fourth-order valence-electron chi connectivity index (χ4n) is 2.48. The average molecular weight is 326 g/mol. The Balaban J connectivity index is 1.91. The van der Waals surface area contributed by atoms with E-state index in [2.05, 4.69) is 56.6 Å². The second-order valence-electron chi connectivity index (χ2n) is 4.50. The first-order valence-corrected chi connectivity index (χ1v) is 8.10. The van der Waals surface area contributed by atoms with Crippen LogP contribution in [0.3, 0.4) is 0 Å². The molecule has 1 aromatic rings. The SMILES string of the molecule is BrC1SC=CC1c1ccccc1N1CCOCC1. The minimum atomic E-state index is 0.458. The lowest BCUT2D eigenvalue weighted by atomic mass is 9.98. The van der Waals surface area contributed by atoms with Crippen molar-refractivity contribution < 1.29 is 4.74 Å². The number of hydrogen-bond acceptors (Lipinski definition) is 3. The summed E-state index contributed by atoms with van der Waals surface area (Å²) in [7, 11) is 0. The van der Waals surface area contributed by atoms with Gasteiger partial charge < -0.3 is 9.64 Å². The Labute approximate surface area is 121 Å². The molecule has 0 spiro atoms. The number of thioether (sulfide) groups is 1. The van der Waals surface area contributed by atoms with Crippen LogP contribution >= 0.6 is 27.7 Å². The Kier molecular flexibility index (Phi) is 3.97. The molecule has 0 N–H and O–H groups in total. The Bertz CT molecular complexity index is 445. The number of para-hydroxylation sites is 1. The average Bonchev–Trinajstić information content (AvgIpc) is 2.86. The maximum Gasteiger partial charge on any atom is 0.0745 e. The van der Waals surface area contributed by atoms with Crippen molar-refractivity contribution in [1.29, 1.82) is 0 Å². The molecule has 1 aromatic carbocycles. The van der Waals surface area contributed by atoms with Gasteiger partial charge in [-0.05, 0) is 17.0 Å². The van der Waals surface area contributed by atoms with Crippen LogP contribution in [0.1, 0.15) is 11.5 Å². The van der Waals surface area contributed by atoms with Gasteiger partial charge in [0.05, 0.1) is 17.4 Å². The van der Waals surface area contributed by atoms with E-state index >= 15 is 0 Å². The summed E-state index contributed by atoms with van der Waals surface area (Å²) in [6.07, 6.45) is 2.30. The highest BCUT2D eigenvalue weighted by Crippen LogP contribution is 2.43. The highest BCUT2D eigenvalue weighted by Gasteiger charge is 2.26. The van der Waals surface area contributed by atoms with Crippen molar-refractivity contribution in [2.75, 3.05) is 31.2 Å². The first-order chi connectivity index (χ1) is 8.86. The van der Waals surface area contributed by atoms with Crippen molar-refractivity contribution in [1.82, 2.24) is 0 Å². The maximum atomic E-state index is 5.44. The molecule has 0 amide bonds. The molecule has 4 heteroatoms. The van der Waals surface area contributed by atoms with Crippen LogP contribution in [0.5, 0.6) is 0 Å². The summed E-state index contributed by atoms with van der Waals surface area (Å²) in [6, 6.07) is 8.75. The third kappa shape index (κ3) is 2.46. The smallest absolute Gasteiger partial charge is 0.0745 e. The number of anilines is 1. The molecule has 0 radical (unpaired) electrons. The highest BCUT2D eigenvalue weighted by molar-refractivity contribution is 9.11. The van der Waals surface area contributed by atoms with Gasteiger partial charge in [0.25, 0.3) is 0 Å². The number of benzene rings is 1. The number of alkyl halides is 1. The molecule has 0 aromatic heterocycles. The fourth-order valence-corrected chi connectivity index (χ4v) is 4.14. The molecule has 0 bridgehead atoms. The van der Waals surface area contributed by atoms with Crippen molar-refractivity contribution in [3.05, 3.63) is 41.3 Å². The lowest BCUT2D eigenvalue weighted by Gasteiger charge is -2.32. The van der Waals surface area contributed by atoms with E-state index in [9.17, 15) is 0 Å². The molecule has 1 fully saturated rings. The van der Waals surface area contributed by atoms with Crippen LogP contribution in [0, 0.1) is 0 Å². The van der Waals surface area contributed by atoms with Gasteiger partial charge in [0.1, 0.15) is 0 Å². The van der Waals surface area contributed by atoms with E-state index in [1.165, 1.54) is 11.3 Å². The summed E-state index contributed by atoms with van der Waals surface area (Å²) in [5.74, 6) is 0.467. The largest absolute Gasteiger partial charge is 0.378 e. The van der Waals surface area contributed by atoms with Gasteiger partial charge in [-0.3, -0.25) is 0 Å². The Morgan fingerprint density at radius 2 is 2.00 bits per heavy atom. The molecular weight excluding hydrogens is 310 g/mol. The number of morpholine rings is 1. The van der Waals surface area contributed by atoms with Crippen molar-refractivity contribution in [2.24, 2.45) is 0 Å². The number of hydrogen-bond donors (Lipinski definition) is 0. The fraction of sp³-hybridized carbons (Fsp3) is 0.429. The number of rotatable bonds is 2. The van der Waals surface area contributed by atoms with Crippen molar-refractivity contribution in [3.63, 3.8) is 0 Å². The molecule has 2 atom stereocenters. The molecule has 2 unspecified atom stereocenters. The summed E-state index contributed by atoms with van der Waals surface area (Å²) in [4.78, 5) is 2.44. The third-order valence-corrected chi connectivity index (χ3v) is 5.51. The topological polar surface area (TPSA) is 12.5 Å². The van der Waals surface area contributed by atoms with Crippen molar-refractivity contribution in [3.8, 4) is 0 Å². The number of halogens is 1. The normalized spacial score (nSPS) is 27.7. The quantitative estimate of drug-likeness (QED) is 0.771. The van der Waals surface area contributed by atoms with Crippen LogP contribution in [0.15, 0.2) is 35.7 Å². The summed E-state index contributed by atoms with van der Waals surface area (Å²) in [5.41, 5.74) is 2.78. The Morgan fingerprint density at radius 1 is 1.22 bits per heavy atom. The van der Waals surface area contributed by atoms with Gasteiger partial charge in [-0.25, -0.2) is 0 Å². The molecule has 96 valence electrons. The predicted molar refractivity (Wildman–Crippen MR) is 81.7 cm³/mol. The zero-order chi connectivity index (χ0) is 12.4. The van der Waals surface area contributed by atoms with Crippen LogP contribution in [-0.2, 0) is 4.74 Å². The van der Waals surface area contributed by atoms with Gasteiger partial charge in [0.15, 0.2) is 0 Å². The zero-order valence-corrected chi connectivity index (χ0v) is 12.5. The van der Waals surface area contributed by atoms with Crippen LogP contribution in [0.4, 0.5) is 5.69 Å². The second-order valence-corrected chi connectivity index (χ2v) is 7.14. The minimum Gasteiger partial charge on any atom is -0.378 e. The molecule has 0 saturated carbocycles. The summed E-state index contributed by atoms with van der Waals surface area (Å²) < 4.78 is 5.90. The number of allylic oxidation sites excluding steroid dienone is 1. The molecule has 2 heterocycles. The number of ether oxygens (including phenoxy) is 1. The molecule has 2 nitrogen and oxygen atoms in total. The summed E-state index contributed by atoms with van der Waals surface area (Å²) >= 11 is 5.61. The second kappa shape index (κ2) is 5.68. The Morgan fingerprint density at radius 3 is 2.72 bits per heavy atom. The van der Waals surface area contributed by atoms with E-state index in [1.54, 1.807) is 0 Å². The molecule has 1 saturated heterocycles. The van der Waals surface area contributed by atoms with Gasteiger partial charge in [-0.2, -0.15) is 0 Å². The van der Waals surface area contributed by atoms with Gasteiger partial charge in [0, 0.05) is 24.7 Å². The molecule has 18 heavy (non-hydrogen) atoms. The maximum absolute atomic E-state index is 5.44. The van der Waals surface area contributed by atoms with Gasteiger partial charge in [-0.1, -0.05) is 40.2 Å². The van der Waals surface area contributed by atoms with E-state index in [1.807, 2.05) is 11.8 Å². The lowest BCUT2D eigenvalue weighted by Crippen LogP contribution is -2.37. The van der Waals surface area contributed by atoms with E-state index in [-0.39, 0.29) is 0 Å². The van der Waals surface area contributed by atoms with E-state index < -0.39 is 0 Å². The molecule has 2 aliphatic heterocycles. The first-order valence-electron chi connectivity index (χ1n) is 6.24. The van der Waals surface area contributed by atoms with E-state index in [0.717, 1.165) is 26.3 Å². The van der Waals surface area contributed by atoms with Crippen LogP contribution < -0.4 is 4.90 Å². The predicted octanol–water partition coefficient (Wildman–Crippen LogP) is 3.59. The Hall–Kier alpha value is -0.450. The molecule has 2 aliphatic rings. The first kappa shape index (κ1) is 12.6. The van der Waals surface area contributed by atoms with Gasteiger partial charge >= 0.3 is 0 Å². The monoisotopic (exact) mass is 325 g/mol. The van der Waals surface area contributed by atoms with Crippen molar-refractivity contribution >= 4 is 33.4 Å². The number of nitrogens with zero attached hydrogens (tertiary/aromatic N) is 1. The third-order valence-electron chi connectivity index (χ3n) is 3.42. The van der Waals surface area contributed by atoms with E-state index in [0.29, 0.717) is 10.1 Å². The minimum absolute atomic E-state index is 0.458. The summed E-state index contributed by atoms with van der Waals surface area (Å²) in [5, 5.41) is 2.19. The molecule has 0 aliphatic carbocycles. The molecular formula is C14H16BrNOS. The standard InChI is InChI=1S/C14H16BrNOS/c15-14-12(5-10-18-14)11-3-1-2-4-13(11)16-6-8-17-9-7-16/h1-5,10,12,14H,6-9H2. The van der Waals surface area contributed by atoms with Crippen LogP contribution in [0.2, 0.25) is 0 Å². The van der Waals surface area contributed by atoms with Crippen LogP contribution in [-0.4, -0.2) is 30.5 Å².